The fourth-order valence-corrected chi connectivity index (χ4v) is 4.16. The third kappa shape index (κ3) is 5.60. The van der Waals surface area contributed by atoms with Gasteiger partial charge in [-0.05, 0) is 23.6 Å². The van der Waals surface area contributed by atoms with Crippen molar-refractivity contribution in [3.63, 3.8) is 0 Å². The number of sulfonamides is 1. The molecule has 3 rings (SSSR count). The lowest BCUT2D eigenvalue weighted by Crippen LogP contribution is -2.44. The van der Waals surface area contributed by atoms with Crippen LogP contribution in [0.15, 0.2) is 54.9 Å². The van der Waals surface area contributed by atoms with Crippen molar-refractivity contribution in [1.82, 2.24) is 14.6 Å². The number of pyridine rings is 1. The van der Waals surface area contributed by atoms with Crippen molar-refractivity contribution in [3.8, 4) is 0 Å². The number of aromatic nitrogens is 1. The minimum atomic E-state index is -3.35. The molecule has 0 spiro atoms. The van der Waals surface area contributed by atoms with Crippen molar-refractivity contribution >= 4 is 10.0 Å². The molecule has 2 heterocycles. The molecule has 140 valence electrons. The maximum atomic E-state index is 12.5. The summed E-state index contributed by atoms with van der Waals surface area (Å²) in [5.41, 5.74) is 2.04. The fraction of sp³-hybridized carbons (Fsp3) is 0.421. The SMILES string of the molecule is O=S(=O)(CCc1ccccc1)NCC(c1cccnc1)N1CCOCC1. The molecule has 26 heavy (non-hydrogen) atoms. The third-order valence-corrected chi connectivity index (χ3v) is 5.90. The first-order valence-corrected chi connectivity index (χ1v) is 10.5. The first-order valence-electron chi connectivity index (χ1n) is 8.87. The standard InChI is InChI=1S/C19H25N3O3S/c23-26(24,14-8-17-5-2-1-3-6-17)21-16-19(18-7-4-9-20-15-18)22-10-12-25-13-11-22/h1-7,9,15,19,21H,8,10-14,16H2. The van der Waals surface area contributed by atoms with Crippen LogP contribution in [0.5, 0.6) is 0 Å². The number of aryl methyl sites for hydroxylation is 1. The quantitative estimate of drug-likeness (QED) is 0.759. The smallest absolute Gasteiger partial charge is 0.211 e. The summed E-state index contributed by atoms with van der Waals surface area (Å²) in [5, 5.41) is 0. The Balaban J connectivity index is 1.62. The van der Waals surface area contributed by atoms with E-state index < -0.39 is 10.0 Å². The summed E-state index contributed by atoms with van der Waals surface area (Å²) in [7, 11) is -3.35. The summed E-state index contributed by atoms with van der Waals surface area (Å²) in [6.07, 6.45) is 4.04. The van der Waals surface area contributed by atoms with E-state index in [4.69, 9.17) is 4.74 Å². The number of nitrogens with zero attached hydrogens (tertiary/aromatic N) is 2. The van der Waals surface area contributed by atoms with Crippen LogP contribution in [0.25, 0.3) is 0 Å². The fourth-order valence-electron chi connectivity index (χ4n) is 3.09. The third-order valence-electron chi connectivity index (χ3n) is 4.55. The number of ether oxygens (including phenoxy) is 1. The van der Waals surface area contributed by atoms with Crippen molar-refractivity contribution in [3.05, 3.63) is 66.0 Å². The van der Waals surface area contributed by atoms with Crippen LogP contribution in [0.3, 0.4) is 0 Å². The second-order valence-corrected chi connectivity index (χ2v) is 8.28. The van der Waals surface area contributed by atoms with Gasteiger partial charge in [-0.1, -0.05) is 36.4 Å². The average Bonchev–Trinajstić information content (AvgIpc) is 2.69. The Morgan fingerprint density at radius 3 is 2.58 bits per heavy atom. The molecule has 1 aromatic carbocycles. The van der Waals surface area contributed by atoms with Crippen molar-refractivity contribution in [2.24, 2.45) is 0 Å². The average molecular weight is 375 g/mol. The highest BCUT2D eigenvalue weighted by molar-refractivity contribution is 7.89. The molecule has 1 unspecified atom stereocenters. The van der Waals surface area contributed by atoms with Gasteiger partial charge in [-0.15, -0.1) is 0 Å². The molecule has 0 saturated carbocycles. The predicted molar refractivity (Wildman–Crippen MR) is 101 cm³/mol. The molecule has 0 aliphatic carbocycles. The van der Waals surface area contributed by atoms with E-state index in [-0.39, 0.29) is 11.8 Å². The number of nitrogens with one attached hydrogen (secondary N) is 1. The van der Waals surface area contributed by atoms with Crippen molar-refractivity contribution in [1.29, 1.82) is 0 Å². The molecule has 1 aliphatic heterocycles. The van der Waals surface area contributed by atoms with E-state index in [9.17, 15) is 8.42 Å². The summed E-state index contributed by atoms with van der Waals surface area (Å²) >= 11 is 0. The molecule has 1 aliphatic rings. The van der Waals surface area contributed by atoms with Gasteiger partial charge in [-0.25, -0.2) is 13.1 Å². The molecular weight excluding hydrogens is 350 g/mol. The maximum Gasteiger partial charge on any atom is 0.211 e. The van der Waals surface area contributed by atoms with Crippen molar-refractivity contribution < 1.29 is 13.2 Å². The number of hydrogen-bond acceptors (Lipinski definition) is 5. The molecule has 1 fully saturated rings. The van der Waals surface area contributed by atoms with Crippen LogP contribution >= 0.6 is 0 Å². The molecule has 0 amide bonds. The Morgan fingerprint density at radius 1 is 1.12 bits per heavy atom. The van der Waals surface area contributed by atoms with Crippen LogP contribution in [0.1, 0.15) is 17.2 Å². The number of rotatable bonds is 8. The van der Waals surface area contributed by atoms with Crippen LogP contribution in [0, 0.1) is 0 Å². The number of hydrogen-bond donors (Lipinski definition) is 1. The normalized spacial score (nSPS) is 17.1. The zero-order chi connectivity index (χ0) is 18.2. The van der Waals surface area contributed by atoms with Crippen LogP contribution < -0.4 is 4.72 Å². The van der Waals surface area contributed by atoms with Gasteiger partial charge in [0.2, 0.25) is 10.0 Å². The Kier molecular flexibility index (Phi) is 6.73. The molecule has 0 radical (unpaired) electrons. The number of benzene rings is 1. The highest BCUT2D eigenvalue weighted by Crippen LogP contribution is 2.20. The van der Waals surface area contributed by atoms with E-state index in [1.807, 2.05) is 42.5 Å². The summed E-state index contributed by atoms with van der Waals surface area (Å²) < 4.78 is 33.1. The molecule has 0 bridgehead atoms. The van der Waals surface area contributed by atoms with E-state index in [0.717, 1.165) is 24.2 Å². The lowest BCUT2D eigenvalue weighted by atomic mass is 10.1. The monoisotopic (exact) mass is 375 g/mol. The summed E-state index contributed by atoms with van der Waals surface area (Å²) in [4.78, 5) is 6.44. The largest absolute Gasteiger partial charge is 0.379 e. The highest BCUT2D eigenvalue weighted by atomic mass is 32.2. The lowest BCUT2D eigenvalue weighted by Gasteiger charge is -2.34. The van der Waals surface area contributed by atoms with Gasteiger partial charge in [0.25, 0.3) is 0 Å². The Bertz CT molecular complexity index is 763. The van der Waals surface area contributed by atoms with Gasteiger partial charge >= 0.3 is 0 Å². The zero-order valence-electron chi connectivity index (χ0n) is 14.8. The summed E-state index contributed by atoms with van der Waals surface area (Å²) in [5.74, 6) is 0.0832. The molecule has 1 atom stereocenters. The second-order valence-electron chi connectivity index (χ2n) is 6.35. The summed E-state index contributed by atoms with van der Waals surface area (Å²) in [6.45, 7) is 3.23. The van der Waals surface area contributed by atoms with Crippen LogP contribution in [-0.4, -0.2) is 56.9 Å². The molecule has 1 aromatic heterocycles. The van der Waals surface area contributed by atoms with Gasteiger partial charge in [0.15, 0.2) is 0 Å². The van der Waals surface area contributed by atoms with E-state index in [1.165, 1.54) is 0 Å². The lowest BCUT2D eigenvalue weighted by molar-refractivity contribution is 0.0171. The molecule has 2 aromatic rings. The van der Waals surface area contributed by atoms with Crippen LogP contribution in [-0.2, 0) is 21.2 Å². The predicted octanol–water partition coefficient (Wildman–Crippen LogP) is 1.62. The first kappa shape index (κ1) is 19.0. The topological polar surface area (TPSA) is 71.5 Å². The Morgan fingerprint density at radius 2 is 1.88 bits per heavy atom. The minimum absolute atomic E-state index is 0.0425. The van der Waals surface area contributed by atoms with Gasteiger partial charge < -0.3 is 4.74 Å². The molecule has 1 N–H and O–H groups in total. The molecule has 7 heteroatoms. The van der Waals surface area contributed by atoms with Gasteiger partial charge in [0, 0.05) is 32.0 Å². The van der Waals surface area contributed by atoms with E-state index in [1.54, 1.807) is 12.4 Å². The Hall–Kier alpha value is -1.80. The molecule has 6 nitrogen and oxygen atoms in total. The van der Waals surface area contributed by atoms with Gasteiger partial charge in [-0.3, -0.25) is 9.88 Å². The van der Waals surface area contributed by atoms with Crippen molar-refractivity contribution in [2.45, 2.75) is 12.5 Å². The maximum absolute atomic E-state index is 12.5. The summed E-state index contributed by atoms with van der Waals surface area (Å²) in [6, 6.07) is 13.5. The van der Waals surface area contributed by atoms with Crippen molar-refractivity contribution in [2.75, 3.05) is 38.6 Å². The highest BCUT2D eigenvalue weighted by Gasteiger charge is 2.24. The van der Waals surface area contributed by atoms with E-state index in [0.29, 0.717) is 26.2 Å². The molecule has 1 saturated heterocycles. The van der Waals surface area contributed by atoms with Gasteiger partial charge in [-0.2, -0.15) is 0 Å². The van der Waals surface area contributed by atoms with E-state index in [2.05, 4.69) is 14.6 Å². The van der Waals surface area contributed by atoms with Crippen LogP contribution in [0.4, 0.5) is 0 Å². The van der Waals surface area contributed by atoms with Gasteiger partial charge in [0.1, 0.15) is 0 Å². The van der Waals surface area contributed by atoms with Gasteiger partial charge in [0.05, 0.1) is 25.0 Å². The first-order chi connectivity index (χ1) is 12.6. The Labute approximate surface area is 155 Å². The van der Waals surface area contributed by atoms with Crippen LogP contribution in [0.2, 0.25) is 0 Å². The molecular formula is C19H25N3O3S. The minimum Gasteiger partial charge on any atom is -0.379 e. The van der Waals surface area contributed by atoms with E-state index >= 15 is 0 Å². The number of morpholine rings is 1. The second kappa shape index (κ2) is 9.23. The zero-order valence-corrected chi connectivity index (χ0v) is 15.6.